The predicted octanol–water partition coefficient (Wildman–Crippen LogP) is 5.12. The molecule has 144 valence electrons. The number of ether oxygens (including phenoxy) is 1. The molecule has 0 atom stereocenters. The molecule has 1 aromatic carbocycles. The molecular weight excluding hydrogens is 332 g/mol. The molecule has 0 bridgehead atoms. The van der Waals surface area contributed by atoms with Gasteiger partial charge in [0.1, 0.15) is 5.75 Å². The molecule has 0 aliphatic heterocycles. The van der Waals surface area contributed by atoms with Crippen LogP contribution in [0.1, 0.15) is 59.3 Å². The van der Waals surface area contributed by atoms with Gasteiger partial charge in [-0.05, 0) is 45.2 Å². The number of hydrogen-bond donors (Lipinski definition) is 1. The molecule has 1 aliphatic rings. The first-order chi connectivity index (χ1) is 12.4. The number of carbonyl (C=O) groups excluding carboxylic acids is 1. The van der Waals surface area contributed by atoms with Crippen molar-refractivity contribution in [2.75, 3.05) is 11.4 Å². The van der Waals surface area contributed by atoms with E-state index in [1.165, 1.54) is 11.3 Å². The van der Waals surface area contributed by atoms with Crippen LogP contribution >= 0.6 is 0 Å². The van der Waals surface area contributed by atoms with Crippen LogP contribution in [0.4, 0.5) is 15.3 Å². The topological polar surface area (TPSA) is 70.1 Å². The van der Waals surface area contributed by atoms with Gasteiger partial charge in [0.25, 0.3) is 0 Å². The van der Waals surface area contributed by atoms with Gasteiger partial charge in [0.15, 0.2) is 0 Å². The third kappa shape index (κ3) is 5.13. The summed E-state index contributed by atoms with van der Waals surface area (Å²) in [7, 11) is 0. The van der Waals surface area contributed by atoms with Crippen molar-refractivity contribution in [3.05, 3.63) is 24.3 Å². The van der Waals surface area contributed by atoms with Gasteiger partial charge in [-0.3, -0.25) is 4.90 Å². The Morgan fingerprint density at radius 2 is 1.92 bits per heavy atom. The van der Waals surface area contributed by atoms with E-state index in [1.54, 1.807) is 38.1 Å². The molecule has 0 aromatic heterocycles. The van der Waals surface area contributed by atoms with E-state index in [1.807, 2.05) is 4.90 Å². The minimum atomic E-state index is -1.03. The zero-order chi connectivity index (χ0) is 19.1. The van der Waals surface area contributed by atoms with E-state index in [-0.39, 0.29) is 18.2 Å². The Morgan fingerprint density at radius 3 is 2.50 bits per heavy atom. The molecule has 1 aromatic rings. The Morgan fingerprint density at radius 1 is 1.23 bits per heavy atom. The number of rotatable bonds is 6. The lowest BCUT2D eigenvalue weighted by Crippen LogP contribution is -2.43. The van der Waals surface area contributed by atoms with Crippen molar-refractivity contribution < 1.29 is 19.4 Å². The SMILES string of the molecule is CCCN(C(=O)Oc1cccc(N(C(=O)O)C(C)C)c1)C1CCCCC1. The van der Waals surface area contributed by atoms with Crippen molar-refractivity contribution in [1.29, 1.82) is 0 Å². The van der Waals surface area contributed by atoms with Crippen LogP contribution in [0.25, 0.3) is 0 Å². The summed E-state index contributed by atoms with van der Waals surface area (Å²) < 4.78 is 5.60. The first-order valence-corrected chi connectivity index (χ1v) is 9.54. The number of carboxylic acid groups (broad SMARTS) is 1. The maximum atomic E-state index is 12.7. The van der Waals surface area contributed by atoms with E-state index in [9.17, 15) is 14.7 Å². The van der Waals surface area contributed by atoms with Gasteiger partial charge in [0.2, 0.25) is 0 Å². The van der Waals surface area contributed by atoms with Crippen LogP contribution in [0.2, 0.25) is 0 Å². The Hall–Kier alpha value is -2.24. The summed E-state index contributed by atoms with van der Waals surface area (Å²) >= 11 is 0. The summed E-state index contributed by atoms with van der Waals surface area (Å²) in [5.74, 6) is 0.372. The first kappa shape index (κ1) is 20.1. The average molecular weight is 362 g/mol. The number of benzene rings is 1. The Kier molecular flexibility index (Phi) is 7.30. The normalized spacial score (nSPS) is 14.9. The van der Waals surface area contributed by atoms with E-state index < -0.39 is 6.09 Å². The Labute approximate surface area is 155 Å². The molecule has 0 saturated heterocycles. The van der Waals surface area contributed by atoms with Crippen LogP contribution in [0.3, 0.4) is 0 Å². The highest BCUT2D eigenvalue weighted by Crippen LogP contribution is 2.26. The van der Waals surface area contributed by atoms with Gasteiger partial charge < -0.3 is 14.7 Å². The summed E-state index contributed by atoms with van der Waals surface area (Å²) in [5, 5.41) is 9.41. The van der Waals surface area contributed by atoms with Crippen molar-refractivity contribution in [3.63, 3.8) is 0 Å². The largest absolute Gasteiger partial charge is 0.465 e. The van der Waals surface area contributed by atoms with Crippen LogP contribution in [-0.4, -0.2) is 40.8 Å². The number of carbonyl (C=O) groups is 2. The van der Waals surface area contributed by atoms with E-state index in [0.29, 0.717) is 18.0 Å². The summed E-state index contributed by atoms with van der Waals surface area (Å²) in [6.45, 7) is 6.34. The summed E-state index contributed by atoms with van der Waals surface area (Å²) in [4.78, 5) is 27.3. The molecule has 6 nitrogen and oxygen atoms in total. The molecule has 0 radical (unpaired) electrons. The molecule has 1 N–H and O–H groups in total. The fourth-order valence-corrected chi connectivity index (χ4v) is 3.54. The number of nitrogens with zero attached hydrogens (tertiary/aromatic N) is 2. The molecule has 2 rings (SSSR count). The summed E-state index contributed by atoms with van der Waals surface area (Å²) in [5.41, 5.74) is 0.498. The minimum Gasteiger partial charge on any atom is -0.465 e. The first-order valence-electron chi connectivity index (χ1n) is 9.54. The van der Waals surface area contributed by atoms with Crippen LogP contribution in [0.15, 0.2) is 24.3 Å². The van der Waals surface area contributed by atoms with Crippen molar-refractivity contribution in [2.45, 2.75) is 71.4 Å². The molecule has 1 fully saturated rings. The monoisotopic (exact) mass is 362 g/mol. The molecule has 2 amide bonds. The lowest BCUT2D eigenvalue weighted by molar-refractivity contribution is 0.117. The fraction of sp³-hybridized carbons (Fsp3) is 0.600. The number of anilines is 1. The van der Waals surface area contributed by atoms with Crippen LogP contribution in [0, 0.1) is 0 Å². The second-order valence-electron chi connectivity index (χ2n) is 7.10. The average Bonchev–Trinajstić information content (AvgIpc) is 2.60. The highest BCUT2D eigenvalue weighted by atomic mass is 16.6. The molecule has 0 unspecified atom stereocenters. The van der Waals surface area contributed by atoms with E-state index in [2.05, 4.69) is 6.92 Å². The summed E-state index contributed by atoms with van der Waals surface area (Å²) in [6.07, 6.45) is 5.08. The van der Waals surface area contributed by atoms with Crippen LogP contribution in [0.5, 0.6) is 5.75 Å². The smallest absolute Gasteiger partial charge is 0.415 e. The van der Waals surface area contributed by atoms with Crippen molar-refractivity contribution in [1.82, 2.24) is 4.90 Å². The quantitative estimate of drug-likeness (QED) is 0.762. The van der Waals surface area contributed by atoms with Gasteiger partial charge in [-0.2, -0.15) is 0 Å². The second-order valence-corrected chi connectivity index (χ2v) is 7.10. The highest BCUT2D eigenvalue weighted by molar-refractivity contribution is 5.87. The molecule has 6 heteroatoms. The van der Waals surface area contributed by atoms with Gasteiger partial charge in [0.05, 0.1) is 5.69 Å². The van der Waals surface area contributed by atoms with Crippen molar-refractivity contribution in [3.8, 4) is 5.75 Å². The maximum absolute atomic E-state index is 12.7. The van der Waals surface area contributed by atoms with E-state index in [4.69, 9.17) is 4.74 Å². The van der Waals surface area contributed by atoms with Gasteiger partial charge in [-0.15, -0.1) is 0 Å². The van der Waals surface area contributed by atoms with Crippen LogP contribution < -0.4 is 9.64 Å². The number of amides is 2. The highest BCUT2D eigenvalue weighted by Gasteiger charge is 2.26. The Bertz CT molecular complexity index is 612. The van der Waals surface area contributed by atoms with Gasteiger partial charge >= 0.3 is 12.2 Å². The summed E-state index contributed by atoms with van der Waals surface area (Å²) in [6, 6.07) is 6.74. The third-order valence-corrected chi connectivity index (χ3v) is 4.74. The third-order valence-electron chi connectivity index (χ3n) is 4.74. The van der Waals surface area contributed by atoms with E-state index >= 15 is 0 Å². The molecule has 1 saturated carbocycles. The molecule has 1 aliphatic carbocycles. The second kappa shape index (κ2) is 9.46. The van der Waals surface area contributed by atoms with Gasteiger partial charge in [-0.25, -0.2) is 9.59 Å². The zero-order valence-corrected chi connectivity index (χ0v) is 16.0. The van der Waals surface area contributed by atoms with Gasteiger partial charge in [-0.1, -0.05) is 32.3 Å². The Balaban J connectivity index is 2.14. The standard InChI is InChI=1S/C20H30N2O4/c1-4-13-21(16-9-6-5-7-10-16)20(25)26-18-12-8-11-17(14-18)22(15(2)3)19(23)24/h8,11-12,14-16H,4-7,9-10,13H2,1-3H3,(H,23,24). The minimum absolute atomic E-state index is 0.211. The molecular formula is C20H30N2O4. The predicted molar refractivity (Wildman–Crippen MR) is 102 cm³/mol. The van der Waals surface area contributed by atoms with Crippen LogP contribution in [-0.2, 0) is 0 Å². The van der Waals surface area contributed by atoms with E-state index in [0.717, 1.165) is 32.1 Å². The van der Waals surface area contributed by atoms with Crippen molar-refractivity contribution in [2.24, 2.45) is 0 Å². The zero-order valence-electron chi connectivity index (χ0n) is 16.0. The lowest BCUT2D eigenvalue weighted by atomic mass is 9.94. The van der Waals surface area contributed by atoms with Gasteiger partial charge in [0, 0.05) is 24.7 Å². The molecule has 26 heavy (non-hydrogen) atoms. The fourth-order valence-electron chi connectivity index (χ4n) is 3.54. The maximum Gasteiger partial charge on any atom is 0.415 e. The number of hydrogen-bond acceptors (Lipinski definition) is 3. The van der Waals surface area contributed by atoms with Crippen molar-refractivity contribution >= 4 is 17.9 Å². The lowest BCUT2D eigenvalue weighted by Gasteiger charge is -2.33. The molecule has 0 spiro atoms. The molecule has 0 heterocycles.